The molecule has 32 valence electrons. The molecule has 0 aromatic heterocycles. The van der Waals surface area contributed by atoms with Crippen molar-refractivity contribution in [1.29, 1.82) is 0 Å². The predicted octanol–water partition coefficient (Wildman–Crippen LogP) is 1.69. The van der Waals surface area contributed by atoms with E-state index in [-0.39, 0.29) is 0 Å². The van der Waals surface area contributed by atoms with Crippen molar-refractivity contribution in [1.82, 2.24) is 0 Å². The summed E-state index contributed by atoms with van der Waals surface area (Å²) >= 11 is 0. The summed E-state index contributed by atoms with van der Waals surface area (Å²) in [7, 11) is 1.49. The lowest BCUT2D eigenvalue weighted by atomic mass is 10.4. The lowest BCUT2D eigenvalue weighted by Gasteiger charge is -1.87. The Morgan fingerprint density at radius 2 is 2.50 bits per heavy atom. The molecule has 0 aromatic rings. The van der Waals surface area contributed by atoms with Gasteiger partial charge in [-0.05, 0) is 18.4 Å². The Morgan fingerprint density at radius 1 is 1.50 bits per heavy atom. The van der Waals surface area contributed by atoms with Crippen molar-refractivity contribution in [2.75, 3.05) is 6.16 Å². The normalized spacial score (nSPS) is 21.3. The second-order valence-corrected chi connectivity index (χ2v) is 2.38. The molecule has 0 bridgehead atoms. The lowest BCUT2D eigenvalue weighted by Crippen LogP contribution is -1.73. The molecule has 1 rings (SSSR count). The first-order valence-electron chi connectivity index (χ1n) is 2.15. The maximum atomic E-state index is 2.20. The average molecular weight is 98.1 g/mol. The zero-order chi connectivity index (χ0) is 4.24. The second-order valence-electron chi connectivity index (χ2n) is 1.27. The van der Waals surface area contributed by atoms with Crippen LogP contribution in [0, 0.1) is 0 Å². The average Bonchev–Trinajstić information content (AvgIpc) is 1.72. The SMILES string of the molecule is C1=CCCP=C1. The van der Waals surface area contributed by atoms with Crippen LogP contribution in [0.25, 0.3) is 0 Å². The van der Waals surface area contributed by atoms with Crippen molar-refractivity contribution in [3.05, 3.63) is 12.2 Å². The van der Waals surface area contributed by atoms with Gasteiger partial charge in [0.15, 0.2) is 0 Å². The number of rotatable bonds is 0. The highest BCUT2D eigenvalue weighted by atomic mass is 31.1. The first-order chi connectivity index (χ1) is 3.00. The van der Waals surface area contributed by atoms with Crippen LogP contribution in [-0.2, 0) is 0 Å². The fourth-order valence-corrected chi connectivity index (χ4v) is 1.13. The fourth-order valence-electron chi connectivity index (χ4n) is 0.442. The molecule has 0 atom stereocenters. The van der Waals surface area contributed by atoms with Crippen molar-refractivity contribution in [2.24, 2.45) is 0 Å². The first kappa shape index (κ1) is 4.08. The van der Waals surface area contributed by atoms with Crippen LogP contribution in [0.15, 0.2) is 12.2 Å². The molecule has 1 heterocycles. The third-order valence-electron chi connectivity index (χ3n) is 0.752. The van der Waals surface area contributed by atoms with Crippen LogP contribution in [0.1, 0.15) is 6.42 Å². The summed E-state index contributed by atoms with van der Waals surface area (Å²) in [6, 6.07) is 0. The molecule has 0 spiro atoms. The Kier molecular flexibility index (Phi) is 1.46. The summed E-state index contributed by atoms with van der Waals surface area (Å²) in [6.45, 7) is 0. The van der Waals surface area contributed by atoms with Gasteiger partial charge in [-0.2, -0.15) is 0 Å². The van der Waals surface area contributed by atoms with Crippen LogP contribution in [0.4, 0.5) is 0 Å². The van der Waals surface area contributed by atoms with Crippen LogP contribution >= 0.6 is 8.20 Å². The fraction of sp³-hybridized carbons (Fsp3) is 0.400. The van der Waals surface area contributed by atoms with Crippen LogP contribution in [0.3, 0.4) is 0 Å². The molecule has 0 saturated carbocycles. The molecule has 0 N–H and O–H groups in total. The minimum atomic E-state index is 1.28. The Balaban J connectivity index is 2.46. The summed E-state index contributed by atoms with van der Waals surface area (Å²) in [4.78, 5) is 0. The van der Waals surface area contributed by atoms with Crippen LogP contribution < -0.4 is 0 Å². The van der Waals surface area contributed by atoms with Crippen molar-refractivity contribution in [3.8, 4) is 0 Å². The van der Waals surface area contributed by atoms with Gasteiger partial charge in [0.05, 0.1) is 0 Å². The van der Waals surface area contributed by atoms with Gasteiger partial charge in [-0.3, -0.25) is 0 Å². The first-order valence-corrected chi connectivity index (χ1v) is 3.30. The summed E-state index contributed by atoms with van der Waals surface area (Å²) in [5.41, 5.74) is 0. The Hall–Kier alpha value is -0.0900. The third kappa shape index (κ3) is 0.948. The second kappa shape index (κ2) is 2.15. The lowest BCUT2D eigenvalue weighted by molar-refractivity contribution is 1.25. The van der Waals surface area contributed by atoms with Crippen LogP contribution in [0.2, 0.25) is 0 Å². The van der Waals surface area contributed by atoms with Gasteiger partial charge in [0, 0.05) is 0 Å². The van der Waals surface area contributed by atoms with Crippen LogP contribution in [0.5, 0.6) is 0 Å². The number of hydrogen-bond donors (Lipinski definition) is 0. The maximum Gasteiger partial charge on any atom is -0.00716 e. The molecule has 0 aliphatic carbocycles. The zero-order valence-corrected chi connectivity index (χ0v) is 4.49. The van der Waals surface area contributed by atoms with E-state index in [0.717, 1.165) is 0 Å². The van der Waals surface area contributed by atoms with E-state index >= 15 is 0 Å². The Labute approximate surface area is 39.7 Å². The number of allylic oxidation sites excluding steroid dienone is 2. The zero-order valence-electron chi connectivity index (χ0n) is 3.59. The van der Waals surface area contributed by atoms with Crippen molar-refractivity contribution < 1.29 is 0 Å². The van der Waals surface area contributed by atoms with Gasteiger partial charge >= 0.3 is 0 Å². The molecule has 1 aliphatic rings. The molecule has 0 fully saturated rings. The van der Waals surface area contributed by atoms with E-state index in [1.807, 2.05) is 0 Å². The number of hydrogen-bond acceptors (Lipinski definition) is 0. The highest BCUT2D eigenvalue weighted by Crippen LogP contribution is 2.02. The topological polar surface area (TPSA) is 0 Å². The van der Waals surface area contributed by atoms with E-state index in [1.54, 1.807) is 0 Å². The molecule has 0 amide bonds. The quantitative estimate of drug-likeness (QED) is 0.404. The van der Waals surface area contributed by atoms with Crippen molar-refractivity contribution >= 4 is 14.0 Å². The Bertz CT molecular complexity index is 69.9. The van der Waals surface area contributed by atoms with Gasteiger partial charge < -0.3 is 0 Å². The van der Waals surface area contributed by atoms with Gasteiger partial charge in [0.2, 0.25) is 0 Å². The van der Waals surface area contributed by atoms with Gasteiger partial charge in [-0.15, -0.1) is 8.20 Å². The van der Waals surface area contributed by atoms with E-state index in [0.29, 0.717) is 0 Å². The summed E-state index contributed by atoms with van der Waals surface area (Å²) < 4.78 is 0. The van der Waals surface area contributed by atoms with Gasteiger partial charge in [0.1, 0.15) is 0 Å². The van der Waals surface area contributed by atoms with Crippen molar-refractivity contribution in [2.45, 2.75) is 6.42 Å². The molecule has 6 heavy (non-hydrogen) atoms. The molecule has 0 unspecified atom stereocenters. The molecule has 0 aromatic carbocycles. The monoisotopic (exact) mass is 98.0 g/mol. The Morgan fingerprint density at radius 3 is 2.67 bits per heavy atom. The minimum absolute atomic E-state index is 1.28. The molecule has 1 heteroatoms. The summed E-state index contributed by atoms with van der Waals surface area (Å²) in [5.74, 6) is 2.18. The molecule has 0 nitrogen and oxygen atoms in total. The smallest absolute Gasteiger partial charge is 0.00716 e. The maximum absolute atomic E-state index is 2.20. The van der Waals surface area contributed by atoms with Gasteiger partial charge in [-0.1, -0.05) is 12.2 Å². The molecular weight excluding hydrogens is 91.0 g/mol. The van der Waals surface area contributed by atoms with E-state index in [4.69, 9.17) is 0 Å². The molecule has 0 saturated heterocycles. The predicted molar refractivity (Wildman–Crippen MR) is 31.6 cm³/mol. The summed E-state index contributed by atoms with van der Waals surface area (Å²) in [6.07, 6.45) is 6.94. The van der Waals surface area contributed by atoms with Gasteiger partial charge in [0.25, 0.3) is 0 Å². The highest BCUT2D eigenvalue weighted by Gasteiger charge is 1.78. The third-order valence-corrected chi connectivity index (χ3v) is 1.65. The van der Waals surface area contributed by atoms with Gasteiger partial charge in [-0.25, -0.2) is 0 Å². The molecular formula is C5H7P. The van der Waals surface area contributed by atoms with Crippen LogP contribution in [-0.4, -0.2) is 12.0 Å². The molecule has 0 radical (unpaired) electrons. The van der Waals surface area contributed by atoms with E-state index in [2.05, 4.69) is 17.9 Å². The minimum Gasteiger partial charge on any atom is -0.104 e. The van der Waals surface area contributed by atoms with E-state index in [1.165, 1.54) is 20.8 Å². The van der Waals surface area contributed by atoms with Crippen molar-refractivity contribution in [3.63, 3.8) is 0 Å². The summed E-state index contributed by atoms with van der Waals surface area (Å²) in [5, 5.41) is 0. The highest BCUT2D eigenvalue weighted by molar-refractivity contribution is 7.39. The molecule has 1 aliphatic heterocycles. The van der Waals surface area contributed by atoms with E-state index < -0.39 is 0 Å². The van der Waals surface area contributed by atoms with E-state index in [9.17, 15) is 0 Å². The standard InChI is InChI=1S/C5H7P/c1-2-4-6-5-3-1/h1-2,4H,3,5H2. The largest absolute Gasteiger partial charge is 0.104 e.